The van der Waals surface area contributed by atoms with Gasteiger partial charge in [-0.05, 0) is 62.2 Å². The van der Waals surface area contributed by atoms with E-state index in [1.165, 1.54) is 57.9 Å². The molecule has 0 aromatic carbocycles. The molecule has 0 amide bonds. The van der Waals surface area contributed by atoms with Crippen molar-refractivity contribution in [2.75, 3.05) is 6.54 Å². The molecule has 0 aromatic heterocycles. The van der Waals surface area contributed by atoms with Gasteiger partial charge in [0.1, 0.15) is 0 Å². The van der Waals surface area contributed by atoms with E-state index in [4.69, 9.17) is 0 Å². The van der Waals surface area contributed by atoms with Crippen LogP contribution in [-0.4, -0.2) is 12.6 Å². The highest BCUT2D eigenvalue weighted by Crippen LogP contribution is 2.56. The fraction of sp³-hybridized carbons (Fsp3) is 1.00. The summed E-state index contributed by atoms with van der Waals surface area (Å²) in [5.74, 6) is 0. The van der Waals surface area contributed by atoms with Crippen molar-refractivity contribution < 1.29 is 0 Å². The summed E-state index contributed by atoms with van der Waals surface area (Å²) in [7, 11) is 0. The second kappa shape index (κ2) is 2.98. The minimum atomic E-state index is 0.689. The van der Waals surface area contributed by atoms with Crippen molar-refractivity contribution in [3.05, 3.63) is 0 Å². The van der Waals surface area contributed by atoms with Gasteiger partial charge in [0.05, 0.1) is 0 Å². The molecule has 0 aliphatic heterocycles. The van der Waals surface area contributed by atoms with Gasteiger partial charge in [-0.2, -0.15) is 0 Å². The van der Waals surface area contributed by atoms with E-state index >= 15 is 0 Å². The smallest absolute Gasteiger partial charge is 0.00677 e. The molecule has 3 aliphatic rings. The molecule has 80 valence electrons. The molecule has 0 aromatic rings. The van der Waals surface area contributed by atoms with Crippen LogP contribution in [0.5, 0.6) is 0 Å². The van der Waals surface area contributed by atoms with Gasteiger partial charge in [-0.1, -0.05) is 6.92 Å². The largest absolute Gasteiger partial charge is 0.313 e. The lowest BCUT2D eigenvalue weighted by Gasteiger charge is -2.30. The summed E-state index contributed by atoms with van der Waals surface area (Å²) in [6.07, 6.45) is 11.9. The Morgan fingerprint density at radius 2 is 1.64 bits per heavy atom. The van der Waals surface area contributed by atoms with Crippen molar-refractivity contribution in [3.63, 3.8) is 0 Å². The third-order valence-electron chi connectivity index (χ3n) is 4.92. The molecule has 3 rings (SSSR count). The van der Waals surface area contributed by atoms with Crippen LogP contribution < -0.4 is 5.32 Å². The number of rotatable bonds is 3. The standard InChI is InChI=1S/C13H23N/c1-12(6-7-12)10-14-11-2-4-13(5-3-11)8-9-13/h11,14H,2-10H2,1H3. The van der Waals surface area contributed by atoms with E-state index in [-0.39, 0.29) is 0 Å². The first-order valence-electron chi connectivity index (χ1n) is 6.43. The fourth-order valence-corrected chi connectivity index (χ4v) is 2.89. The molecule has 1 heteroatoms. The Labute approximate surface area is 87.7 Å². The molecule has 0 heterocycles. The normalized spacial score (nSPS) is 33.2. The van der Waals surface area contributed by atoms with E-state index in [0.717, 1.165) is 11.5 Å². The van der Waals surface area contributed by atoms with Gasteiger partial charge in [-0.3, -0.25) is 0 Å². The van der Waals surface area contributed by atoms with Crippen molar-refractivity contribution in [1.29, 1.82) is 0 Å². The van der Waals surface area contributed by atoms with E-state index < -0.39 is 0 Å². The van der Waals surface area contributed by atoms with Crippen LogP contribution in [0.3, 0.4) is 0 Å². The highest BCUT2D eigenvalue weighted by atomic mass is 14.9. The molecule has 0 bridgehead atoms. The Hall–Kier alpha value is -0.0400. The Morgan fingerprint density at radius 3 is 2.14 bits per heavy atom. The minimum absolute atomic E-state index is 0.689. The fourth-order valence-electron chi connectivity index (χ4n) is 2.89. The van der Waals surface area contributed by atoms with Gasteiger partial charge in [0.25, 0.3) is 0 Å². The lowest BCUT2D eigenvalue weighted by Crippen LogP contribution is -2.36. The second-order valence-electron chi connectivity index (χ2n) is 6.47. The van der Waals surface area contributed by atoms with E-state index in [0.29, 0.717) is 5.41 Å². The predicted molar refractivity (Wildman–Crippen MR) is 59.3 cm³/mol. The van der Waals surface area contributed by atoms with Crippen LogP contribution in [0.4, 0.5) is 0 Å². The maximum Gasteiger partial charge on any atom is 0.00677 e. The molecule has 14 heavy (non-hydrogen) atoms. The Bertz CT molecular complexity index is 215. The molecule has 0 atom stereocenters. The highest BCUT2D eigenvalue weighted by molar-refractivity contribution is 4.98. The zero-order valence-electron chi connectivity index (χ0n) is 9.44. The number of nitrogens with one attached hydrogen (secondary N) is 1. The summed E-state index contributed by atoms with van der Waals surface area (Å²) in [4.78, 5) is 0. The summed E-state index contributed by atoms with van der Waals surface area (Å²) >= 11 is 0. The number of hydrogen-bond acceptors (Lipinski definition) is 1. The van der Waals surface area contributed by atoms with Crippen molar-refractivity contribution in [2.45, 2.75) is 64.3 Å². The first-order valence-corrected chi connectivity index (χ1v) is 6.43. The van der Waals surface area contributed by atoms with E-state index in [9.17, 15) is 0 Å². The van der Waals surface area contributed by atoms with Gasteiger partial charge in [0.2, 0.25) is 0 Å². The third-order valence-corrected chi connectivity index (χ3v) is 4.92. The lowest BCUT2D eigenvalue weighted by atomic mass is 9.83. The SMILES string of the molecule is CC1(CNC2CCC3(CC2)CC3)CC1. The first kappa shape index (κ1) is 9.21. The minimum Gasteiger partial charge on any atom is -0.313 e. The van der Waals surface area contributed by atoms with Gasteiger partial charge in [0, 0.05) is 12.6 Å². The van der Waals surface area contributed by atoms with Gasteiger partial charge in [0.15, 0.2) is 0 Å². The topological polar surface area (TPSA) is 12.0 Å². The molecular formula is C13H23N. The predicted octanol–water partition coefficient (Wildman–Crippen LogP) is 3.10. The first-order chi connectivity index (χ1) is 6.70. The summed E-state index contributed by atoms with van der Waals surface area (Å²) in [6, 6.07) is 0.860. The van der Waals surface area contributed by atoms with Crippen molar-refractivity contribution in [3.8, 4) is 0 Å². The third kappa shape index (κ3) is 1.84. The average molecular weight is 193 g/mol. The Balaban J connectivity index is 1.42. The molecule has 1 spiro atoms. The van der Waals surface area contributed by atoms with Crippen LogP contribution in [-0.2, 0) is 0 Å². The summed E-state index contributed by atoms with van der Waals surface area (Å²) in [5.41, 5.74) is 1.55. The molecule has 3 aliphatic carbocycles. The van der Waals surface area contributed by atoms with Crippen LogP contribution in [0.15, 0.2) is 0 Å². The van der Waals surface area contributed by atoms with Crippen molar-refractivity contribution >= 4 is 0 Å². The lowest BCUT2D eigenvalue weighted by molar-refractivity contribution is 0.265. The van der Waals surface area contributed by atoms with Crippen LogP contribution in [0, 0.1) is 10.8 Å². The molecule has 1 nitrogen and oxygen atoms in total. The maximum absolute atomic E-state index is 3.79. The Kier molecular flexibility index (Phi) is 1.96. The molecule has 3 fully saturated rings. The summed E-state index contributed by atoms with van der Waals surface area (Å²) in [5, 5.41) is 3.79. The molecule has 1 N–H and O–H groups in total. The van der Waals surface area contributed by atoms with Gasteiger partial charge in [-0.15, -0.1) is 0 Å². The van der Waals surface area contributed by atoms with E-state index in [2.05, 4.69) is 12.2 Å². The number of hydrogen-bond donors (Lipinski definition) is 1. The average Bonchev–Trinajstić information content (AvgIpc) is 3.08. The van der Waals surface area contributed by atoms with Crippen LogP contribution in [0.2, 0.25) is 0 Å². The molecule has 3 saturated carbocycles. The van der Waals surface area contributed by atoms with Crippen LogP contribution in [0.1, 0.15) is 58.3 Å². The zero-order chi connectivity index (χ0) is 9.65. The second-order valence-corrected chi connectivity index (χ2v) is 6.47. The monoisotopic (exact) mass is 193 g/mol. The van der Waals surface area contributed by atoms with Crippen molar-refractivity contribution in [2.24, 2.45) is 10.8 Å². The summed E-state index contributed by atoms with van der Waals surface area (Å²) in [6.45, 7) is 3.70. The van der Waals surface area contributed by atoms with Gasteiger partial charge < -0.3 is 5.32 Å². The van der Waals surface area contributed by atoms with Gasteiger partial charge in [-0.25, -0.2) is 0 Å². The maximum atomic E-state index is 3.79. The molecule has 0 unspecified atom stereocenters. The van der Waals surface area contributed by atoms with Crippen LogP contribution >= 0.6 is 0 Å². The van der Waals surface area contributed by atoms with E-state index in [1.54, 1.807) is 0 Å². The quantitative estimate of drug-likeness (QED) is 0.726. The van der Waals surface area contributed by atoms with Crippen LogP contribution in [0.25, 0.3) is 0 Å². The summed E-state index contributed by atoms with van der Waals surface area (Å²) < 4.78 is 0. The van der Waals surface area contributed by atoms with Crippen molar-refractivity contribution in [1.82, 2.24) is 5.32 Å². The molecule has 0 saturated heterocycles. The van der Waals surface area contributed by atoms with Gasteiger partial charge >= 0.3 is 0 Å². The highest BCUT2D eigenvalue weighted by Gasteiger charge is 2.45. The molecule has 0 radical (unpaired) electrons. The Morgan fingerprint density at radius 1 is 1.00 bits per heavy atom. The van der Waals surface area contributed by atoms with E-state index in [1.807, 2.05) is 0 Å². The zero-order valence-corrected chi connectivity index (χ0v) is 9.44. The molecular weight excluding hydrogens is 170 g/mol.